The van der Waals surface area contributed by atoms with E-state index < -0.39 is 0 Å². The minimum atomic E-state index is -0.0181. The van der Waals surface area contributed by atoms with E-state index in [4.69, 9.17) is 17.3 Å². The molecule has 0 saturated carbocycles. The number of hydrogen-bond donors (Lipinski definition) is 3. The van der Waals surface area contributed by atoms with Gasteiger partial charge in [0.2, 0.25) is 11.2 Å². The number of nitrogen functional groups attached to an aromatic ring is 1. The molecular weight excluding hydrogens is 242 g/mol. The molecule has 0 bridgehead atoms. The summed E-state index contributed by atoms with van der Waals surface area (Å²) < 4.78 is 0. The van der Waals surface area contributed by atoms with Crippen LogP contribution in [0.4, 0.5) is 11.5 Å². The van der Waals surface area contributed by atoms with E-state index in [1.165, 1.54) is 0 Å². The number of carbonyl (C=O) groups excluding carboxylic acids is 1. The van der Waals surface area contributed by atoms with Crippen molar-refractivity contribution < 1.29 is 4.79 Å². The normalized spacial score (nSPS) is 10.1. The van der Waals surface area contributed by atoms with Gasteiger partial charge in [0.25, 0.3) is 0 Å². The minimum Gasteiger partial charge on any atom is -0.394 e. The number of nitrogens with two attached hydrogens (primary N) is 1. The van der Waals surface area contributed by atoms with Crippen molar-refractivity contribution in [1.82, 2.24) is 15.3 Å². The summed E-state index contributed by atoms with van der Waals surface area (Å²) in [5, 5.41) is 5.80. The molecular formula is C10H16ClN5O. The van der Waals surface area contributed by atoms with Gasteiger partial charge in [0, 0.05) is 19.5 Å². The molecule has 0 aliphatic carbocycles. The van der Waals surface area contributed by atoms with Crippen LogP contribution in [0.3, 0.4) is 0 Å². The van der Waals surface area contributed by atoms with Crippen LogP contribution in [0, 0.1) is 6.92 Å². The van der Waals surface area contributed by atoms with Gasteiger partial charge < -0.3 is 16.4 Å². The van der Waals surface area contributed by atoms with Crippen LogP contribution in [0.2, 0.25) is 5.28 Å². The Balaban J connectivity index is 2.55. The zero-order valence-corrected chi connectivity index (χ0v) is 10.6. The first-order valence-corrected chi connectivity index (χ1v) is 5.72. The standard InChI is InChI=1S/C10H16ClN5O/c1-3-13-7(17)4-5-14-9-8(12)6(2)15-10(11)16-9/h3-5,12H2,1-2H3,(H,13,17)(H,14,15,16). The molecule has 1 rings (SSSR count). The zero-order chi connectivity index (χ0) is 12.8. The average Bonchev–Trinajstić information content (AvgIpc) is 2.25. The third-order valence-corrected chi connectivity index (χ3v) is 2.30. The fraction of sp³-hybridized carbons (Fsp3) is 0.500. The molecule has 6 nitrogen and oxygen atoms in total. The molecule has 1 heterocycles. The van der Waals surface area contributed by atoms with Gasteiger partial charge in [0.05, 0.1) is 11.4 Å². The minimum absolute atomic E-state index is 0.0181. The van der Waals surface area contributed by atoms with Crippen molar-refractivity contribution in [2.24, 2.45) is 0 Å². The van der Waals surface area contributed by atoms with Crippen LogP contribution in [-0.4, -0.2) is 29.0 Å². The lowest BCUT2D eigenvalue weighted by molar-refractivity contribution is -0.120. The number of rotatable bonds is 5. The summed E-state index contributed by atoms with van der Waals surface area (Å²) in [6, 6.07) is 0. The van der Waals surface area contributed by atoms with Crippen molar-refractivity contribution in [3.8, 4) is 0 Å². The van der Waals surface area contributed by atoms with Crippen LogP contribution in [0.1, 0.15) is 19.0 Å². The molecule has 94 valence electrons. The van der Waals surface area contributed by atoms with Crippen molar-refractivity contribution in [3.63, 3.8) is 0 Å². The van der Waals surface area contributed by atoms with Gasteiger partial charge in [-0.25, -0.2) is 4.98 Å². The molecule has 17 heavy (non-hydrogen) atoms. The summed E-state index contributed by atoms with van der Waals surface area (Å²) >= 11 is 5.72. The SMILES string of the molecule is CCNC(=O)CCNc1nc(Cl)nc(C)c1N. The molecule has 0 aliphatic rings. The Labute approximate surface area is 105 Å². The van der Waals surface area contributed by atoms with Gasteiger partial charge in [-0.15, -0.1) is 0 Å². The van der Waals surface area contributed by atoms with Gasteiger partial charge in [-0.2, -0.15) is 4.98 Å². The lowest BCUT2D eigenvalue weighted by Crippen LogP contribution is -2.25. The van der Waals surface area contributed by atoms with Crippen LogP contribution in [0.5, 0.6) is 0 Å². The maximum Gasteiger partial charge on any atom is 0.224 e. The van der Waals surface area contributed by atoms with E-state index in [2.05, 4.69) is 20.6 Å². The first-order valence-electron chi connectivity index (χ1n) is 5.34. The van der Waals surface area contributed by atoms with E-state index in [0.717, 1.165) is 0 Å². The highest BCUT2D eigenvalue weighted by molar-refractivity contribution is 6.28. The number of nitrogens with one attached hydrogen (secondary N) is 2. The van der Waals surface area contributed by atoms with Gasteiger partial charge in [-0.05, 0) is 25.4 Å². The maximum absolute atomic E-state index is 11.2. The van der Waals surface area contributed by atoms with Crippen molar-refractivity contribution >= 4 is 29.0 Å². The highest BCUT2D eigenvalue weighted by Gasteiger charge is 2.07. The number of nitrogens with zero attached hydrogens (tertiary/aromatic N) is 2. The molecule has 0 saturated heterocycles. The number of anilines is 2. The summed E-state index contributed by atoms with van der Waals surface area (Å²) in [6.07, 6.45) is 0.355. The zero-order valence-electron chi connectivity index (χ0n) is 9.88. The van der Waals surface area contributed by atoms with Crippen LogP contribution in [0.15, 0.2) is 0 Å². The molecule has 0 unspecified atom stereocenters. The van der Waals surface area contributed by atoms with E-state index in [0.29, 0.717) is 36.7 Å². The van der Waals surface area contributed by atoms with Crippen molar-refractivity contribution in [2.45, 2.75) is 20.3 Å². The Kier molecular flexibility index (Phi) is 4.96. The van der Waals surface area contributed by atoms with Gasteiger partial charge in [0.1, 0.15) is 0 Å². The van der Waals surface area contributed by atoms with E-state index in [1.54, 1.807) is 6.92 Å². The fourth-order valence-electron chi connectivity index (χ4n) is 1.26. The predicted octanol–water partition coefficient (Wildman–Crippen LogP) is 0.959. The quantitative estimate of drug-likeness (QED) is 0.683. The molecule has 0 aromatic carbocycles. The van der Waals surface area contributed by atoms with Gasteiger partial charge in [0.15, 0.2) is 5.82 Å². The second-order valence-corrected chi connectivity index (χ2v) is 3.81. The molecule has 0 fully saturated rings. The summed E-state index contributed by atoms with van der Waals surface area (Å²) in [5.41, 5.74) is 6.85. The van der Waals surface area contributed by atoms with E-state index in [1.807, 2.05) is 6.92 Å². The highest BCUT2D eigenvalue weighted by Crippen LogP contribution is 2.20. The molecule has 0 spiro atoms. The number of amides is 1. The largest absolute Gasteiger partial charge is 0.394 e. The third-order valence-electron chi connectivity index (χ3n) is 2.13. The Morgan fingerprint density at radius 2 is 2.18 bits per heavy atom. The Morgan fingerprint density at radius 1 is 1.47 bits per heavy atom. The predicted molar refractivity (Wildman–Crippen MR) is 68.0 cm³/mol. The molecule has 1 aromatic rings. The number of aromatic nitrogens is 2. The van der Waals surface area contributed by atoms with E-state index in [-0.39, 0.29) is 11.2 Å². The topological polar surface area (TPSA) is 92.9 Å². The van der Waals surface area contributed by atoms with Gasteiger partial charge >= 0.3 is 0 Å². The van der Waals surface area contributed by atoms with Gasteiger partial charge in [-0.1, -0.05) is 0 Å². The second kappa shape index (κ2) is 6.24. The smallest absolute Gasteiger partial charge is 0.224 e. The summed E-state index contributed by atoms with van der Waals surface area (Å²) in [7, 11) is 0. The average molecular weight is 258 g/mol. The highest BCUT2D eigenvalue weighted by atomic mass is 35.5. The maximum atomic E-state index is 11.2. The first-order chi connectivity index (χ1) is 8.04. The fourth-order valence-corrected chi connectivity index (χ4v) is 1.47. The molecule has 0 radical (unpaired) electrons. The number of hydrogen-bond acceptors (Lipinski definition) is 5. The van der Waals surface area contributed by atoms with Crippen LogP contribution in [0.25, 0.3) is 0 Å². The summed E-state index contributed by atoms with van der Waals surface area (Å²) in [5.74, 6) is 0.447. The molecule has 1 aromatic heterocycles. The Hall–Kier alpha value is -1.56. The third kappa shape index (κ3) is 4.07. The summed E-state index contributed by atoms with van der Waals surface area (Å²) in [4.78, 5) is 19.1. The van der Waals surface area contributed by atoms with Crippen molar-refractivity contribution in [2.75, 3.05) is 24.1 Å². The van der Waals surface area contributed by atoms with Gasteiger partial charge in [-0.3, -0.25) is 4.79 Å². The van der Waals surface area contributed by atoms with E-state index in [9.17, 15) is 4.79 Å². The van der Waals surface area contributed by atoms with Crippen LogP contribution >= 0.6 is 11.6 Å². The number of halogens is 1. The Morgan fingerprint density at radius 3 is 2.82 bits per heavy atom. The molecule has 0 aliphatic heterocycles. The van der Waals surface area contributed by atoms with Crippen LogP contribution < -0.4 is 16.4 Å². The second-order valence-electron chi connectivity index (χ2n) is 3.47. The molecule has 4 N–H and O–H groups in total. The van der Waals surface area contributed by atoms with Crippen molar-refractivity contribution in [1.29, 1.82) is 0 Å². The first kappa shape index (κ1) is 13.5. The molecule has 0 atom stereocenters. The molecule has 7 heteroatoms. The van der Waals surface area contributed by atoms with E-state index >= 15 is 0 Å². The van der Waals surface area contributed by atoms with Crippen LogP contribution in [-0.2, 0) is 4.79 Å². The lowest BCUT2D eigenvalue weighted by Gasteiger charge is -2.09. The Bertz CT molecular complexity index is 410. The van der Waals surface area contributed by atoms with Crippen molar-refractivity contribution in [3.05, 3.63) is 11.0 Å². The number of carbonyl (C=O) groups is 1. The summed E-state index contributed by atoms with van der Waals surface area (Å²) in [6.45, 7) is 4.69. The monoisotopic (exact) mass is 257 g/mol. The number of aryl methyl sites for hydroxylation is 1. The lowest BCUT2D eigenvalue weighted by atomic mass is 10.3. The molecule has 1 amide bonds.